The molecule has 0 saturated carbocycles. The summed E-state index contributed by atoms with van der Waals surface area (Å²) in [7, 11) is 0. The first-order chi connectivity index (χ1) is 8.11. The molecule has 1 aromatic rings. The summed E-state index contributed by atoms with van der Waals surface area (Å²) >= 11 is 0. The number of halogens is 1. The number of pyridine rings is 1. The van der Waals surface area contributed by atoms with E-state index in [9.17, 15) is 9.18 Å². The first-order valence-electron chi connectivity index (χ1n) is 6.02. The fourth-order valence-electron chi connectivity index (χ4n) is 2.44. The Morgan fingerprint density at radius 1 is 1.59 bits per heavy atom. The molecule has 2 rings (SSSR count). The Morgan fingerprint density at radius 3 is 3.00 bits per heavy atom. The molecule has 1 aromatic heterocycles. The second-order valence-corrected chi connectivity index (χ2v) is 4.79. The quantitative estimate of drug-likeness (QED) is 0.739. The average Bonchev–Trinajstić information content (AvgIpc) is 2.77. The highest BCUT2D eigenvalue weighted by molar-refractivity contribution is 5.94. The summed E-state index contributed by atoms with van der Waals surface area (Å²) in [5, 5.41) is 0. The minimum absolute atomic E-state index is 0.0834. The molecule has 1 aliphatic rings. The van der Waals surface area contributed by atoms with Crippen LogP contribution in [0.1, 0.15) is 37.0 Å². The second kappa shape index (κ2) is 4.82. The topological polar surface area (TPSA) is 33.2 Å². The number of rotatable bonds is 2. The van der Waals surface area contributed by atoms with E-state index in [2.05, 4.69) is 18.8 Å². The van der Waals surface area contributed by atoms with Gasteiger partial charge in [0.05, 0.1) is 5.56 Å². The lowest BCUT2D eigenvalue weighted by atomic mass is 10.0. The van der Waals surface area contributed by atoms with Gasteiger partial charge in [-0.1, -0.05) is 13.8 Å². The van der Waals surface area contributed by atoms with Crippen molar-refractivity contribution in [3.8, 4) is 0 Å². The van der Waals surface area contributed by atoms with Gasteiger partial charge in [0.15, 0.2) is 0 Å². The van der Waals surface area contributed by atoms with Crippen molar-refractivity contribution < 1.29 is 9.18 Å². The van der Waals surface area contributed by atoms with E-state index >= 15 is 0 Å². The summed E-state index contributed by atoms with van der Waals surface area (Å²) in [6.07, 6.45) is 3.36. The molecule has 2 heterocycles. The summed E-state index contributed by atoms with van der Waals surface area (Å²) in [6, 6.07) is 3.32. The van der Waals surface area contributed by atoms with Crippen LogP contribution in [0.5, 0.6) is 0 Å². The minimum Gasteiger partial charge on any atom is -0.335 e. The third-order valence-corrected chi connectivity index (χ3v) is 3.32. The molecule has 1 saturated heterocycles. The zero-order valence-electron chi connectivity index (χ0n) is 10.2. The van der Waals surface area contributed by atoms with E-state index in [1.165, 1.54) is 12.3 Å². The van der Waals surface area contributed by atoms with Crippen LogP contribution < -0.4 is 0 Å². The molecule has 0 N–H and O–H groups in total. The van der Waals surface area contributed by atoms with Crippen LogP contribution in [0.3, 0.4) is 0 Å². The van der Waals surface area contributed by atoms with Gasteiger partial charge in [-0.3, -0.25) is 4.79 Å². The highest BCUT2D eigenvalue weighted by Crippen LogP contribution is 2.25. The van der Waals surface area contributed by atoms with Gasteiger partial charge >= 0.3 is 0 Å². The van der Waals surface area contributed by atoms with Crippen molar-refractivity contribution in [2.24, 2.45) is 5.92 Å². The van der Waals surface area contributed by atoms with E-state index in [-0.39, 0.29) is 17.5 Å². The molecule has 4 heteroatoms. The molecule has 1 atom stereocenters. The average molecular weight is 236 g/mol. The molecule has 92 valence electrons. The molecule has 1 unspecified atom stereocenters. The van der Waals surface area contributed by atoms with Gasteiger partial charge in [-0.05, 0) is 30.9 Å². The van der Waals surface area contributed by atoms with Gasteiger partial charge in [0.25, 0.3) is 5.91 Å². The lowest BCUT2D eigenvalue weighted by molar-refractivity contribution is 0.0695. The maximum Gasteiger partial charge on any atom is 0.258 e. The van der Waals surface area contributed by atoms with Gasteiger partial charge in [0.1, 0.15) is 0 Å². The minimum atomic E-state index is -0.674. The van der Waals surface area contributed by atoms with Crippen molar-refractivity contribution in [2.45, 2.75) is 32.7 Å². The van der Waals surface area contributed by atoms with E-state index in [1.807, 2.05) is 0 Å². The molecule has 17 heavy (non-hydrogen) atoms. The highest BCUT2D eigenvalue weighted by atomic mass is 19.1. The Labute approximate surface area is 101 Å². The van der Waals surface area contributed by atoms with Crippen LogP contribution in [0.15, 0.2) is 18.3 Å². The van der Waals surface area contributed by atoms with Crippen LogP contribution in [0.25, 0.3) is 0 Å². The number of carbonyl (C=O) groups is 1. The van der Waals surface area contributed by atoms with Crippen LogP contribution in [0.4, 0.5) is 4.39 Å². The SMILES string of the molecule is CC(C)C1CCCN1C(=O)c1cccnc1F. The maximum atomic E-state index is 13.5. The number of aromatic nitrogens is 1. The summed E-state index contributed by atoms with van der Waals surface area (Å²) in [5.41, 5.74) is 0.0834. The van der Waals surface area contributed by atoms with Crippen molar-refractivity contribution in [1.82, 2.24) is 9.88 Å². The summed E-state index contributed by atoms with van der Waals surface area (Å²) in [6.45, 7) is 4.90. The number of carbonyl (C=O) groups excluding carboxylic acids is 1. The van der Waals surface area contributed by atoms with Gasteiger partial charge in [-0.15, -0.1) is 0 Å². The number of amides is 1. The van der Waals surface area contributed by atoms with E-state index in [0.29, 0.717) is 5.92 Å². The Bertz CT molecular complexity index is 420. The molecular weight excluding hydrogens is 219 g/mol. The molecule has 0 aromatic carbocycles. The van der Waals surface area contributed by atoms with Crippen molar-refractivity contribution in [3.05, 3.63) is 29.8 Å². The van der Waals surface area contributed by atoms with E-state index in [4.69, 9.17) is 0 Å². The van der Waals surface area contributed by atoms with Crippen LogP contribution in [0.2, 0.25) is 0 Å². The molecule has 1 aliphatic heterocycles. The standard InChI is InChI=1S/C13H17FN2O/c1-9(2)11-6-4-8-16(11)13(17)10-5-3-7-15-12(10)14/h3,5,7,9,11H,4,6,8H2,1-2H3. The second-order valence-electron chi connectivity index (χ2n) is 4.79. The van der Waals surface area contributed by atoms with Crippen LogP contribution in [-0.2, 0) is 0 Å². The highest BCUT2D eigenvalue weighted by Gasteiger charge is 2.32. The van der Waals surface area contributed by atoms with Crippen molar-refractivity contribution in [3.63, 3.8) is 0 Å². The van der Waals surface area contributed by atoms with Gasteiger partial charge in [-0.25, -0.2) is 4.98 Å². The Hall–Kier alpha value is -1.45. The Balaban J connectivity index is 2.23. The summed E-state index contributed by atoms with van der Waals surface area (Å²) < 4.78 is 13.5. The number of hydrogen-bond acceptors (Lipinski definition) is 2. The maximum absolute atomic E-state index is 13.5. The fourth-order valence-corrected chi connectivity index (χ4v) is 2.44. The Kier molecular flexibility index (Phi) is 3.41. The Morgan fingerprint density at radius 2 is 2.35 bits per heavy atom. The van der Waals surface area contributed by atoms with Gasteiger partial charge in [0, 0.05) is 18.8 Å². The van der Waals surface area contributed by atoms with E-state index in [1.54, 1.807) is 11.0 Å². The molecule has 0 bridgehead atoms. The van der Waals surface area contributed by atoms with E-state index < -0.39 is 5.95 Å². The predicted molar refractivity (Wildman–Crippen MR) is 63.1 cm³/mol. The van der Waals surface area contributed by atoms with Crippen molar-refractivity contribution in [2.75, 3.05) is 6.54 Å². The lowest BCUT2D eigenvalue weighted by Crippen LogP contribution is -2.39. The smallest absolute Gasteiger partial charge is 0.258 e. The lowest BCUT2D eigenvalue weighted by Gasteiger charge is -2.27. The normalized spacial score (nSPS) is 20.0. The molecule has 1 fully saturated rings. The third-order valence-electron chi connectivity index (χ3n) is 3.32. The van der Waals surface area contributed by atoms with Crippen LogP contribution in [0, 0.1) is 11.9 Å². The monoisotopic (exact) mass is 236 g/mol. The zero-order valence-corrected chi connectivity index (χ0v) is 10.2. The molecule has 0 radical (unpaired) electrons. The number of nitrogens with zero attached hydrogens (tertiary/aromatic N) is 2. The van der Waals surface area contributed by atoms with Gasteiger partial charge in [0.2, 0.25) is 5.95 Å². The largest absolute Gasteiger partial charge is 0.335 e. The summed E-state index contributed by atoms with van der Waals surface area (Å²) in [5.74, 6) is -0.500. The molecule has 1 amide bonds. The van der Waals surface area contributed by atoms with Crippen LogP contribution in [-0.4, -0.2) is 28.4 Å². The molecule has 0 spiro atoms. The zero-order chi connectivity index (χ0) is 12.4. The van der Waals surface area contributed by atoms with Gasteiger partial charge < -0.3 is 4.90 Å². The van der Waals surface area contributed by atoms with Crippen LogP contribution >= 0.6 is 0 Å². The number of likely N-dealkylation sites (tertiary alicyclic amines) is 1. The third kappa shape index (κ3) is 2.30. The summed E-state index contributed by atoms with van der Waals surface area (Å²) in [4.78, 5) is 17.5. The first-order valence-corrected chi connectivity index (χ1v) is 6.02. The first kappa shape index (κ1) is 12.0. The molecule has 3 nitrogen and oxygen atoms in total. The fraction of sp³-hybridized carbons (Fsp3) is 0.538. The van der Waals surface area contributed by atoms with E-state index in [0.717, 1.165) is 19.4 Å². The van der Waals surface area contributed by atoms with Crippen molar-refractivity contribution in [1.29, 1.82) is 0 Å². The molecule has 0 aliphatic carbocycles. The molecular formula is C13H17FN2O. The predicted octanol–water partition coefficient (Wildman–Crippen LogP) is 2.48. The van der Waals surface area contributed by atoms with Crippen molar-refractivity contribution >= 4 is 5.91 Å². The number of hydrogen-bond donors (Lipinski definition) is 0. The van der Waals surface area contributed by atoms with Gasteiger partial charge in [-0.2, -0.15) is 4.39 Å².